The Balaban J connectivity index is 1.91. The first-order valence-electron chi connectivity index (χ1n) is 7.40. The molecule has 3 nitrogen and oxygen atoms in total. The van der Waals surface area contributed by atoms with Crippen molar-refractivity contribution in [2.75, 3.05) is 0 Å². The maximum atomic E-state index is 12.8. The summed E-state index contributed by atoms with van der Waals surface area (Å²) in [4.78, 5) is 13.0. The number of carbonyl (C=O) groups is 1. The molecule has 2 aromatic rings. The zero-order valence-electron chi connectivity index (χ0n) is 12.3. The number of hydrogen-bond donors (Lipinski definition) is 0. The lowest BCUT2D eigenvalue weighted by Crippen LogP contribution is -2.49. The molecule has 0 radical (unpaired) electrons. The van der Waals surface area contributed by atoms with Crippen molar-refractivity contribution >= 4 is 15.6 Å². The lowest BCUT2D eigenvalue weighted by molar-refractivity contribution is 0.0772. The minimum absolute atomic E-state index is 0.0659. The Hall–Kier alpha value is -1.94. The van der Waals surface area contributed by atoms with Gasteiger partial charge in [0.15, 0.2) is 15.6 Å². The molecular formula is C18H18O3S. The monoisotopic (exact) mass is 314 g/mol. The van der Waals surface area contributed by atoms with Crippen LogP contribution in [0.4, 0.5) is 0 Å². The van der Waals surface area contributed by atoms with E-state index in [1.54, 1.807) is 54.6 Å². The first kappa shape index (κ1) is 15.0. The summed E-state index contributed by atoms with van der Waals surface area (Å²) in [6.07, 6.45) is 0.542. The lowest BCUT2D eigenvalue weighted by atomic mass is 9.70. The van der Waals surface area contributed by atoms with Crippen molar-refractivity contribution in [1.29, 1.82) is 0 Å². The molecule has 0 saturated heterocycles. The second-order valence-electron chi connectivity index (χ2n) is 5.87. The van der Waals surface area contributed by atoms with Gasteiger partial charge in [-0.15, -0.1) is 0 Å². The summed E-state index contributed by atoms with van der Waals surface area (Å²) in [7, 11) is -3.46. The van der Waals surface area contributed by atoms with Crippen LogP contribution in [0.25, 0.3) is 0 Å². The lowest BCUT2D eigenvalue weighted by Gasteiger charge is -2.41. The van der Waals surface area contributed by atoms with Crippen LogP contribution in [0.15, 0.2) is 65.6 Å². The molecule has 3 rings (SSSR count). The largest absolute Gasteiger partial charge is 0.294 e. The first-order valence-corrected chi connectivity index (χ1v) is 8.94. The van der Waals surface area contributed by atoms with Gasteiger partial charge in [0, 0.05) is 11.5 Å². The molecule has 22 heavy (non-hydrogen) atoms. The molecule has 0 amide bonds. The molecule has 0 spiro atoms. The highest BCUT2D eigenvalue weighted by molar-refractivity contribution is 7.92. The number of benzene rings is 2. The third-order valence-electron chi connectivity index (χ3n) is 4.45. The van der Waals surface area contributed by atoms with Crippen LogP contribution in [0.5, 0.6) is 0 Å². The van der Waals surface area contributed by atoms with E-state index in [-0.39, 0.29) is 11.7 Å². The maximum Gasteiger partial charge on any atom is 0.181 e. The Morgan fingerprint density at radius 1 is 0.955 bits per heavy atom. The molecule has 0 aromatic heterocycles. The number of sulfone groups is 1. The molecule has 114 valence electrons. The van der Waals surface area contributed by atoms with Crippen molar-refractivity contribution in [3.05, 3.63) is 66.2 Å². The van der Waals surface area contributed by atoms with Gasteiger partial charge in [-0.25, -0.2) is 8.42 Å². The van der Waals surface area contributed by atoms with Crippen LogP contribution in [-0.2, 0) is 9.84 Å². The van der Waals surface area contributed by atoms with Crippen molar-refractivity contribution in [3.63, 3.8) is 0 Å². The van der Waals surface area contributed by atoms with Gasteiger partial charge < -0.3 is 0 Å². The minimum atomic E-state index is -3.46. The van der Waals surface area contributed by atoms with Crippen LogP contribution in [0.2, 0.25) is 0 Å². The third-order valence-corrected chi connectivity index (χ3v) is 6.66. The molecule has 2 aromatic carbocycles. The van der Waals surface area contributed by atoms with E-state index in [4.69, 9.17) is 0 Å². The van der Waals surface area contributed by atoms with Crippen molar-refractivity contribution in [3.8, 4) is 0 Å². The average Bonchev–Trinajstić information content (AvgIpc) is 2.54. The molecule has 0 heterocycles. The second-order valence-corrected chi connectivity index (χ2v) is 8.03. The fourth-order valence-corrected chi connectivity index (χ4v) is 5.38. The Morgan fingerprint density at radius 3 is 2.05 bits per heavy atom. The van der Waals surface area contributed by atoms with Crippen LogP contribution in [-0.4, -0.2) is 19.5 Å². The van der Waals surface area contributed by atoms with Gasteiger partial charge in [0.25, 0.3) is 0 Å². The van der Waals surface area contributed by atoms with E-state index in [2.05, 4.69) is 0 Å². The first-order chi connectivity index (χ1) is 10.5. The fraction of sp³-hybridized carbons (Fsp3) is 0.278. The number of carbonyl (C=O) groups excluding carboxylic acids is 1. The Bertz CT molecular complexity index is 766. The molecular weight excluding hydrogens is 296 g/mol. The second kappa shape index (κ2) is 5.69. The summed E-state index contributed by atoms with van der Waals surface area (Å²) in [5.74, 6) is -0.423. The summed E-state index contributed by atoms with van der Waals surface area (Å²) in [6, 6.07) is 17.4. The van der Waals surface area contributed by atoms with E-state index in [1.165, 1.54) is 0 Å². The number of Topliss-reactive ketones (excluding diaryl/α,β-unsaturated/α-hetero) is 1. The number of rotatable bonds is 4. The van der Waals surface area contributed by atoms with Crippen LogP contribution >= 0.6 is 0 Å². The molecule has 1 fully saturated rings. The van der Waals surface area contributed by atoms with E-state index in [0.717, 1.165) is 0 Å². The summed E-state index contributed by atoms with van der Waals surface area (Å²) >= 11 is 0. The SMILES string of the molecule is C[C@@H]1C[C@H](S(=O)(=O)c2ccccc2)[C@H]1C(=O)c1ccccc1. The van der Waals surface area contributed by atoms with Gasteiger partial charge in [0.1, 0.15) is 0 Å². The van der Waals surface area contributed by atoms with Crippen molar-refractivity contribution in [1.82, 2.24) is 0 Å². The Morgan fingerprint density at radius 2 is 1.50 bits per heavy atom. The quantitative estimate of drug-likeness (QED) is 0.813. The van der Waals surface area contributed by atoms with E-state index in [1.807, 2.05) is 13.0 Å². The molecule has 0 aliphatic heterocycles. The van der Waals surface area contributed by atoms with Gasteiger partial charge in [0.05, 0.1) is 10.1 Å². The summed E-state index contributed by atoms with van der Waals surface area (Å²) in [5.41, 5.74) is 0.590. The standard InChI is InChI=1S/C18H18O3S/c1-13-12-16(22(20,21)15-10-6-3-7-11-15)17(13)18(19)14-8-4-2-5-9-14/h2-11,13,16-17H,12H2,1H3/t13-,16+,17+/m1/s1. The number of hydrogen-bond acceptors (Lipinski definition) is 3. The highest BCUT2D eigenvalue weighted by atomic mass is 32.2. The molecule has 1 aliphatic carbocycles. The molecule has 1 aliphatic rings. The number of ketones is 1. The van der Waals surface area contributed by atoms with E-state index < -0.39 is 21.0 Å². The van der Waals surface area contributed by atoms with Crippen LogP contribution in [0, 0.1) is 11.8 Å². The van der Waals surface area contributed by atoms with Crippen molar-refractivity contribution < 1.29 is 13.2 Å². The fourth-order valence-electron chi connectivity index (χ4n) is 3.16. The summed E-state index contributed by atoms with van der Waals surface area (Å²) < 4.78 is 25.5. The van der Waals surface area contributed by atoms with Gasteiger partial charge in [-0.3, -0.25) is 4.79 Å². The normalized spacial score (nSPS) is 24.5. The zero-order valence-corrected chi connectivity index (χ0v) is 13.2. The molecule has 0 N–H and O–H groups in total. The zero-order chi connectivity index (χ0) is 15.7. The molecule has 3 atom stereocenters. The van der Waals surface area contributed by atoms with E-state index in [0.29, 0.717) is 16.9 Å². The predicted octanol–water partition coefficient (Wildman–Crippen LogP) is 3.37. The van der Waals surface area contributed by atoms with Crippen molar-refractivity contribution in [2.24, 2.45) is 11.8 Å². The maximum absolute atomic E-state index is 12.8. The van der Waals surface area contributed by atoms with Crippen LogP contribution < -0.4 is 0 Å². The average molecular weight is 314 g/mol. The van der Waals surface area contributed by atoms with Crippen LogP contribution in [0.1, 0.15) is 23.7 Å². The highest BCUT2D eigenvalue weighted by Gasteiger charge is 2.50. The van der Waals surface area contributed by atoms with Gasteiger partial charge in [-0.2, -0.15) is 0 Å². The van der Waals surface area contributed by atoms with Crippen molar-refractivity contribution in [2.45, 2.75) is 23.5 Å². The molecule has 1 saturated carbocycles. The Labute approximate surface area is 130 Å². The minimum Gasteiger partial charge on any atom is -0.294 e. The molecule has 0 unspecified atom stereocenters. The summed E-state index contributed by atoms with van der Waals surface area (Å²) in [5, 5.41) is -0.613. The van der Waals surface area contributed by atoms with E-state index in [9.17, 15) is 13.2 Å². The van der Waals surface area contributed by atoms with Crippen LogP contribution in [0.3, 0.4) is 0 Å². The topological polar surface area (TPSA) is 51.2 Å². The Kier molecular flexibility index (Phi) is 3.87. The molecule has 0 bridgehead atoms. The van der Waals surface area contributed by atoms with Gasteiger partial charge in [-0.05, 0) is 24.5 Å². The van der Waals surface area contributed by atoms with Gasteiger partial charge in [0.2, 0.25) is 0 Å². The molecule has 4 heteroatoms. The smallest absolute Gasteiger partial charge is 0.181 e. The van der Waals surface area contributed by atoms with Gasteiger partial charge >= 0.3 is 0 Å². The van der Waals surface area contributed by atoms with Gasteiger partial charge in [-0.1, -0.05) is 55.5 Å². The highest BCUT2D eigenvalue weighted by Crippen LogP contribution is 2.43. The predicted molar refractivity (Wildman–Crippen MR) is 85.5 cm³/mol. The van der Waals surface area contributed by atoms with E-state index >= 15 is 0 Å². The summed E-state index contributed by atoms with van der Waals surface area (Å²) in [6.45, 7) is 1.95. The third kappa shape index (κ3) is 2.48.